The molecule has 1 N–H and O–H groups in total. The third kappa shape index (κ3) is 4.81. The van der Waals surface area contributed by atoms with Crippen molar-refractivity contribution >= 4 is 11.6 Å². The summed E-state index contributed by atoms with van der Waals surface area (Å²) in [5.74, 6) is 0. The molecule has 110 valence electrons. The van der Waals surface area contributed by atoms with E-state index >= 15 is 0 Å². The molecule has 1 atom stereocenters. The zero-order valence-electron chi connectivity index (χ0n) is 12.8. The SMILES string of the molecule is CCCNC(CCC)CCc1c(Cl)c(C)nn1CC. The molecule has 4 heteroatoms. The molecule has 0 aliphatic rings. The van der Waals surface area contributed by atoms with E-state index in [4.69, 9.17) is 11.6 Å². The lowest BCUT2D eigenvalue weighted by atomic mass is 10.0. The summed E-state index contributed by atoms with van der Waals surface area (Å²) in [6.45, 7) is 10.5. The number of aromatic nitrogens is 2. The zero-order valence-corrected chi connectivity index (χ0v) is 13.6. The van der Waals surface area contributed by atoms with E-state index in [0.717, 1.165) is 36.6 Å². The molecule has 0 radical (unpaired) electrons. The highest BCUT2D eigenvalue weighted by Crippen LogP contribution is 2.22. The molecule has 0 aromatic carbocycles. The molecule has 0 fully saturated rings. The van der Waals surface area contributed by atoms with E-state index in [9.17, 15) is 0 Å². The van der Waals surface area contributed by atoms with Gasteiger partial charge in [0.05, 0.1) is 16.4 Å². The predicted molar refractivity (Wildman–Crippen MR) is 83.0 cm³/mol. The van der Waals surface area contributed by atoms with Gasteiger partial charge in [-0.1, -0.05) is 31.9 Å². The molecular weight excluding hydrogens is 258 g/mol. The van der Waals surface area contributed by atoms with E-state index < -0.39 is 0 Å². The van der Waals surface area contributed by atoms with E-state index in [1.165, 1.54) is 25.0 Å². The van der Waals surface area contributed by atoms with Gasteiger partial charge in [-0.25, -0.2) is 0 Å². The monoisotopic (exact) mass is 285 g/mol. The average molecular weight is 286 g/mol. The van der Waals surface area contributed by atoms with Crippen LogP contribution in [0.3, 0.4) is 0 Å². The van der Waals surface area contributed by atoms with Crippen LogP contribution in [0, 0.1) is 6.92 Å². The summed E-state index contributed by atoms with van der Waals surface area (Å²) < 4.78 is 2.04. The Labute approximate surface area is 122 Å². The number of nitrogens with zero attached hydrogens (tertiary/aromatic N) is 2. The maximum absolute atomic E-state index is 6.35. The Morgan fingerprint density at radius 2 is 1.95 bits per heavy atom. The summed E-state index contributed by atoms with van der Waals surface area (Å²) in [6, 6.07) is 0.599. The van der Waals surface area contributed by atoms with Crippen molar-refractivity contribution in [2.45, 2.75) is 72.4 Å². The van der Waals surface area contributed by atoms with Crippen LogP contribution < -0.4 is 5.32 Å². The number of hydrogen-bond donors (Lipinski definition) is 1. The van der Waals surface area contributed by atoms with Gasteiger partial charge < -0.3 is 5.32 Å². The Morgan fingerprint density at radius 1 is 1.21 bits per heavy atom. The molecule has 0 amide bonds. The highest BCUT2D eigenvalue weighted by atomic mass is 35.5. The summed E-state index contributed by atoms with van der Waals surface area (Å²) in [5, 5.41) is 8.96. The van der Waals surface area contributed by atoms with Crippen LogP contribution in [0.15, 0.2) is 0 Å². The second kappa shape index (κ2) is 8.60. The van der Waals surface area contributed by atoms with Crippen molar-refractivity contribution in [2.75, 3.05) is 6.54 Å². The maximum Gasteiger partial charge on any atom is 0.0847 e. The predicted octanol–water partition coefficient (Wildman–Crippen LogP) is 3.97. The molecule has 1 unspecified atom stereocenters. The topological polar surface area (TPSA) is 29.9 Å². The summed E-state index contributed by atoms with van der Waals surface area (Å²) in [4.78, 5) is 0. The normalized spacial score (nSPS) is 12.9. The first-order valence-electron chi connectivity index (χ1n) is 7.59. The maximum atomic E-state index is 6.35. The summed E-state index contributed by atoms with van der Waals surface area (Å²) >= 11 is 6.35. The number of aryl methyl sites for hydroxylation is 2. The van der Waals surface area contributed by atoms with Crippen molar-refractivity contribution in [3.05, 3.63) is 16.4 Å². The molecule has 0 saturated carbocycles. The molecule has 1 aromatic heterocycles. The first-order chi connectivity index (χ1) is 9.13. The summed E-state index contributed by atoms with van der Waals surface area (Å²) in [6.07, 6.45) is 5.79. The molecular formula is C15H28ClN3. The van der Waals surface area contributed by atoms with Crippen LogP contribution in [0.4, 0.5) is 0 Å². The van der Waals surface area contributed by atoms with Gasteiger partial charge in [0.25, 0.3) is 0 Å². The molecule has 0 saturated heterocycles. The van der Waals surface area contributed by atoms with Gasteiger partial charge in [0, 0.05) is 12.6 Å². The Kier molecular flexibility index (Phi) is 7.47. The minimum Gasteiger partial charge on any atom is -0.314 e. The number of halogens is 1. The minimum absolute atomic E-state index is 0.599. The van der Waals surface area contributed by atoms with E-state index in [-0.39, 0.29) is 0 Å². The smallest absolute Gasteiger partial charge is 0.0847 e. The number of hydrogen-bond acceptors (Lipinski definition) is 2. The molecule has 1 rings (SSSR count). The van der Waals surface area contributed by atoms with Gasteiger partial charge in [-0.05, 0) is 46.1 Å². The van der Waals surface area contributed by atoms with Crippen molar-refractivity contribution in [1.82, 2.24) is 15.1 Å². The van der Waals surface area contributed by atoms with Crippen LogP contribution in [0.5, 0.6) is 0 Å². The molecule has 1 aromatic rings. The van der Waals surface area contributed by atoms with Crippen LogP contribution in [-0.4, -0.2) is 22.4 Å². The fourth-order valence-electron chi connectivity index (χ4n) is 2.46. The second-order valence-corrected chi connectivity index (χ2v) is 5.52. The van der Waals surface area contributed by atoms with Crippen molar-refractivity contribution in [2.24, 2.45) is 0 Å². The first kappa shape index (κ1) is 16.5. The molecule has 0 bridgehead atoms. The van der Waals surface area contributed by atoms with E-state index in [1.807, 2.05) is 11.6 Å². The Hall–Kier alpha value is -0.540. The lowest BCUT2D eigenvalue weighted by molar-refractivity contribution is 0.442. The van der Waals surface area contributed by atoms with Crippen LogP contribution in [0.1, 0.15) is 57.8 Å². The van der Waals surface area contributed by atoms with Crippen molar-refractivity contribution in [3.63, 3.8) is 0 Å². The van der Waals surface area contributed by atoms with Gasteiger partial charge in [0.15, 0.2) is 0 Å². The van der Waals surface area contributed by atoms with Gasteiger partial charge in [-0.15, -0.1) is 0 Å². The Balaban J connectivity index is 2.62. The van der Waals surface area contributed by atoms with Crippen LogP contribution in [-0.2, 0) is 13.0 Å². The molecule has 1 heterocycles. The van der Waals surface area contributed by atoms with Gasteiger partial charge in [-0.3, -0.25) is 4.68 Å². The summed E-state index contributed by atoms with van der Waals surface area (Å²) in [5.41, 5.74) is 2.15. The summed E-state index contributed by atoms with van der Waals surface area (Å²) in [7, 11) is 0. The van der Waals surface area contributed by atoms with E-state index in [1.54, 1.807) is 0 Å². The highest BCUT2D eigenvalue weighted by molar-refractivity contribution is 6.31. The first-order valence-corrected chi connectivity index (χ1v) is 7.96. The van der Waals surface area contributed by atoms with Crippen molar-refractivity contribution < 1.29 is 0 Å². The van der Waals surface area contributed by atoms with Gasteiger partial charge in [0.2, 0.25) is 0 Å². The van der Waals surface area contributed by atoms with Crippen molar-refractivity contribution in [3.8, 4) is 0 Å². The Morgan fingerprint density at radius 3 is 2.53 bits per heavy atom. The molecule has 0 spiro atoms. The van der Waals surface area contributed by atoms with Crippen molar-refractivity contribution in [1.29, 1.82) is 0 Å². The fourth-order valence-corrected chi connectivity index (χ4v) is 2.69. The largest absolute Gasteiger partial charge is 0.314 e. The van der Waals surface area contributed by atoms with E-state index in [0.29, 0.717) is 6.04 Å². The molecule has 19 heavy (non-hydrogen) atoms. The molecule has 0 aliphatic heterocycles. The second-order valence-electron chi connectivity index (χ2n) is 5.14. The third-order valence-corrected chi connectivity index (χ3v) is 3.99. The van der Waals surface area contributed by atoms with Crippen LogP contribution in [0.25, 0.3) is 0 Å². The Bertz CT molecular complexity index is 374. The van der Waals surface area contributed by atoms with Gasteiger partial charge >= 0.3 is 0 Å². The average Bonchev–Trinajstić information content (AvgIpc) is 2.68. The zero-order chi connectivity index (χ0) is 14.3. The van der Waals surface area contributed by atoms with Gasteiger partial charge in [0.1, 0.15) is 0 Å². The standard InChI is InChI=1S/C15H28ClN3/c1-5-8-13(17-11-6-2)9-10-14-15(16)12(4)18-19(14)7-3/h13,17H,5-11H2,1-4H3. The van der Waals surface area contributed by atoms with Gasteiger partial charge in [-0.2, -0.15) is 5.10 Å². The molecule has 0 aliphatic carbocycles. The fraction of sp³-hybridized carbons (Fsp3) is 0.800. The van der Waals surface area contributed by atoms with Crippen LogP contribution >= 0.6 is 11.6 Å². The third-order valence-electron chi connectivity index (χ3n) is 3.50. The van der Waals surface area contributed by atoms with E-state index in [2.05, 4.69) is 31.2 Å². The highest BCUT2D eigenvalue weighted by Gasteiger charge is 2.14. The number of nitrogens with one attached hydrogen (secondary N) is 1. The lowest BCUT2D eigenvalue weighted by Gasteiger charge is -2.18. The van der Waals surface area contributed by atoms with Crippen LogP contribution in [0.2, 0.25) is 5.02 Å². The minimum atomic E-state index is 0.599. The quantitative estimate of drug-likeness (QED) is 0.744. The lowest BCUT2D eigenvalue weighted by Crippen LogP contribution is -2.30. The molecule has 3 nitrogen and oxygen atoms in total. The number of rotatable bonds is 9.